The van der Waals surface area contributed by atoms with E-state index in [0.29, 0.717) is 25.8 Å². The van der Waals surface area contributed by atoms with Gasteiger partial charge in [-0.25, -0.2) is 0 Å². The number of carbonyl (C=O) groups is 1. The molecule has 1 fully saturated rings. The van der Waals surface area contributed by atoms with Gasteiger partial charge < -0.3 is 14.7 Å². The first-order valence-electron chi connectivity index (χ1n) is 8.19. The number of carbonyl (C=O) groups excluding carboxylic acids is 1. The molecule has 5 nitrogen and oxygen atoms in total. The Bertz CT molecular complexity index is 690. The predicted octanol–water partition coefficient (Wildman–Crippen LogP) is 2.36. The molecule has 1 amide bonds. The highest BCUT2D eigenvalue weighted by atomic mass is 16.5. The third kappa shape index (κ3) is 3.74. The zero-order valence-corrected chi connectivity index (χ0v) is 13.8. The highest BCUT2D eigenvalue weighted by Crippen LogP contribution is 2.34. The molecular weight excluding hydrogens is 304 g/mol. The van der Waals surface area contributed by atoms with E-state index < -0.39 is 6.10 Å². The topological polar surface area (TPSA) is 62.7 Å². The number of amides is 1. The van der Waals surface area contributed by atoms with Gasteiger partial charge in [0, 0.05) is 24.9 Å². The normalized spacial score (nSPS) is 20.2. The number of aliphatic hydroxyl groups is 1. The molecule has 0 bridgehead atoms. The Morgan fingerprint density at radius 1 is 1.33 bits per heavy atom. The third-order valence-corrected chi connectivity index (χ3v) is 4.40. The number of ether oxygens (including phenoxy) is 1. The fourth-order valence-corrected chi connectivity index (χ4v) is 3.18. The minimum absolute atomic E-state index is 0.0463. The molecule has 1 N–H and O–H groups in total. The molecule has 0 aliphatic carbocycles. The molecule has 1 aliphatic heterocycles. The second kappa shape index (κ2) is 7.45. The van der Waals surface area contributed by atoms with Gasteiger partial charge in [-0.3, -0.25) is 9.78 Å². The van der Waals surface area contributed by atoms with Gasteiger partial charge >= 0.3 is 0 Å². The number of aryl methyl sites for hydroxylation is 1. The number of methoxy groups -OCH3 is 1. The molecule has 1 aliphatic rings. The van der Waals surface area contributed by atoms with Crippen molar-refractivity contribution in [2.75, 3.05) is 13.7 Å². The zero-order valence-electron chi connectivity index (χ0n) is 13.8. The highest BCUT2D eigenvalue weighted by Gasteiger charge is 2.35. The standard InChI is InChI=1S/C19H22N2O3/c1-24-17-7-4-5-14(11-17)18-12-16(22)13-21(18)19(23)9-8-15-6-2-3-10-20-15/h2-7,10-11,16,18,22H,8-9,12-13H2,1H3. The van der Waals surface area contributed by atoms with E-state index >= 15 is 0 Å². The molecule has 1 saturated heterocycles. The van der Waals surface area contributed by atoms with Crippen LogP contribution < -0.4 is 4.74 Å². The second-order valence-electron chi connectivity index (χ2n) is 6.05. The van der Waals surface area contributed by atoms with Crippen LogP contribution in [0.4, 0.5) is 0 Å². The van der Waals surface area contributed by atoms with E-state index in [2.05, 4.69) is 4.98 Å². The SMILES string of the molecule is COc1cccc(C2CC(O)CN2C(=O)CCc2ccccn2)c1. The number of benzene rings is 1. The van der Waals surface area contributed by atoms with Crippen molar-refractivity contribution < 1.29 is 14.6 Å². The molecule has 1 aromatic carbocycles. The number of likely N-dealkylation sites (tertiary alicyclic amines) is 1. The maximum absolute atomic E-state index is 12.7. The van der Waals surface area contributed by atoms with Crippen LogP contribution in [0.3, 0.4) is 0 Å². The number of nitrogens with zero attached hydrogens (tertiary/aromatic N) is 2. The Balaban J connectivity index is 1.71. The summed E-state index contributed by atoms with van der Waals surface area (Å²) in [5, 5.41) is 10.1. The van der Waals surface area contributed by atoms with Crippen LogP contribution in [-0.2, 0) is 11.2 Å². The van der Waals surface area contributed by atoms with Gasteiger partial charge in [0.25, 0.3) is 0 Å². The summed E-state index contributed by atoms with van der Waals surface area (Å²) in [6.45, 7) is 0.378. The summed E-state index contributed by atoms with van der Waals surface area (Å²) in [7, 11) is 1.62. The lowest BCUT2D eigenvalue weighted by Gasteiger charge is -2.25. The Kier molecular flexibility index (Phi) is 5.11. The molecule has 2 unspecified atom stereocenters. The van der Waals surface area contributed by atoms with Gasteiger partial charge in [-0.15, -0.1) is 0 Å². The molecule has 1 aromatic heterocycles. The minimum atomic E-state index is -0.486. The van der Waals surface area contributed by atoms with Crippen molar-refractivity contribution in [1.82, 2.24) is 9.88 Å². The molecule has 2 aromatic rings. The molecule has 0 saturated carbocycles. The van der Waals surface area contributed by atoms with E-state index in [4.69, 9.17) is 4.74 Å². The molecule has 126 valence electrons. The van der Waals surface area contributed by atoms with Crippen molar-refractivity contribution >= 4 is 5.91 Å². The van der Waals surface area contributed by atoms with Gasteiger partial charge in [-0.2, -0.15) is 0 Å². The molecule has 3 rings (SSSR count). The van der Waals surface area contributed by atoms with Gasteiger partial charge in [0.15, 0.2) is 0 Å². The summed E-state index contributed by atoms with van der Waals surface area (Å²) in [6.07, 6.45) is 2.81. The van der Waals surface area contributed by atoms with Gasteiger partial charge in [0.1, 0.15) is 5.75 Å². The van der Waals surface area contributed by atoms with E-state index in [1.54, 1.807) is 18.2 Å². The summed E-state index contributed by atoms with van der Waals surface area (Å²) in [4.78, 5) is 18.7. The zero-order chi connectivity index (χ0) is 16.9. The Morgan fingerprint density at radius 3 is 2.96 bits per heavy atom. The number of rotatable bonds is 5. The predicted molar refractivity (Wildman–Crippen MR) is 90.6 cm³/mol. The summed E-state index contributed by atoms with van der Waals surface area (Å²) in [5.41, 5.74) is 1.90. The van der Waals surface area contributed by atoms with Crippen molar-refractivity contribution in [3.8, 4) is 5.75 Å². The van der Waals surface area contributed by atoms with E-state index in [1.807, 2.05) is 42.5 Å². The van der Waals surface area contributed by atoms with Crippen molar-refractivity contribution in [2.24, 2.45) is 0 Å². The van der Waals surface area contributed by atoms with Crippen LogP contribution in [0.15, 0.2) is 48.7 Å². The van der Waals surface area contributed by atoms with Gasteiger partial charge in [0.05, 0.1) is 19.3 Å². The number of hydrogen-bond acceptors (Lipinski definition) is 4. The van der Waals surface area contributed by atoms with Gasteiger partial charge in [-0.05, 0) is 42.7 Å². The summed E-state index contributed by atoms with van der Waals surface area (Å²) >= 11 is 0. The first-order valence-corrected chi connectivity index (χ1v) is 8.19. The highest BCUT2D eigenvalue weighted by molar-refractivity contribution is 5.77. The largest absolute Gasteiger partial charge is 0.497 e. The number of hydrogen-bond donors (Lipinski definition) is 1. The lowest BCUT2D eigenvalue weighted by molar-refractivity contribution is -0.132. The number of β-amino-alcohol motifs (C(OH)–C–C–N with tert-alkyl or cyclic N) is 1. The first-order chi connectivity index (χ1) is 11.7. The number of pyridine rings is 1. The van der Waals surface area contributed by atoms with Crippen molar-refractivity contribution in [1.29, 1.82) is 0 Å². The van der Waals surface area contributed by atoms with Crippen LogP contribution in [0.5, 0.6) is 5.75 Å². The fourth-order valence-electron chi connectivity index (χ4n) is 3.18. The Morgan fingerprint density at radius 2 is 2.21 bits per heavy atom. The van der Waals surface area contributed by atoms with Crippen LogP contribution in [-0.4, -0.2) is 40.7 Å². The number of aromatic nitrogens is 1. The van der Waals surface area contributed by atoms with Crippen LogP contribution >= 0.6 is 0 Å². The Hall–Kier alpha value is -2.40. The van der Waals surface area contributed by atoms with Crippen LogP contribution in [0, 0.1) is 0 Å². The molecule has 2 heterocycles. The fraction of sp³-hybridized carbons (Fsp3) is 0.368. The summed E-state index contributed by atoms with van der Waals surface area (Å²) < 4.78 is 5.27. The van der Waals surface area contributed by atoms with Crippen LogP contribution in [0.1, 0.15) is 30.1 Å². The van der Waals surface area contributed by atoms with E-state index in [9.17, 15) is 9.90 Å². The molecule has 2 atom stereocenters. The monoisotopic (exact) mass is 326 g/mol. The Labute approximate surface area is 141 Å². The van der Waals surface area contributed by atoms with Gasteiger partial charge in [0.2, 0.25) is 5.91 Å². The van der Waals surface area contributed by atoms with E-state index in [0.717, 1.165) is 17.0 Å². The molecule has 24 heavy (non-hydrogen) atoms. The third-order valence-electron chi connectivity index (χ3n) is 4.40. The number of aliphatic hydroxyl groups excluding tert-OH is 1. The smallest absolute Gasteiger partial charge is 0.223 e. The molecule has 0 spiro atoms. The quantitative estimate of drug-likeness (QED) is 0.916. The van der Waals surface area contributed by atoms with Crippen LogP contribution in [0.2, 0.25) is 0 Å². The minimum Gasteiger partial charge on any atom is -0.497 e. The lowest BCUT2D eigenvalue weighted by Crippen LogP contribution is -2.32. The maximum Gasteiger partial charge on any atom is 0.223 e. The van der Waals surface area contributed by atoms with E-state index in [1.165, 1.54) is 0 Å². The van der Waals surface area contributed by atoms with Crippen molar-refractivity contribution in [3.63, 3.8) is 0 Å². The van der Waals surface area contributed by atoms with Gasteiger partial charge in [-0.1, -0.05) is 18.2 Å². The molecule has 0 radical (unpaired) electrons. The van der Waals surface area contributed by atoms with E-state index in [-0.39, 0.29) is 11.9 Å². The average molecular weight is 326 g/mol. The molecule has 5 heteroatoms. The average Bonchev–Trinajstić information content (AvgIpc) is 3.02. The van der Waals surface area contributed by atoms with Crippen LogP contribution in [0.25, 0.3) is 0 Å². The lowest BCUT2D eigenvalue weighted by atomic mass is 10.0. The first kappa shape index (κ1) is 16.5. The second-order valence-corrected chi connectivity index (χ2v) is 6.05. The summed E-state index contributed by atoms with van der Waals surface area (Å²) in [5.74, 6) is 0.805. The maximum atomic E-state index is 12.7. The summed E-state index contributed by atoms with van der Waals surface area (Å²) in [6, 6.07) is 13.3. The molecular formula is C19H22N2O3. The van der Waals surface area contributed by atoms with Crippen molar-refractivity contribution in [3.05, 3.63) is 59.9 Å². The van der Waals surface area contributed by atoms with Crippen molar-refractivity contribution in [2.45, 2.75) is 31.4 Å².